The van der Waals surface area contributed by atoms with Crippen LogP contribution in [-0.4, -0.2) is 31.8 Å². The van der Waals surface area contributed by atoms with Crippen molar-refractivity contribution >= 4 is 13.8 Å². The number of hydrogen-bond acceptors (Lipinski definition) is 3. The van der Waals surface area contributed by atoms with E-state index in [4.69, 9.17) is 30.1 Å². The summed E-state index contributed by atoms with van der Waals surface area (Å²) in [4.78, 5) is 31.4. The van der Waals surface area contributed by atoms with Crippen LogP contribution in [0.15, 0.2) is 0 Å². The lowest BCUT2D eigenvalue weighted by Crippen LogP contribution is -2.28. The predicted octanol–water partition coefficient (Wildman–Crippen LogP) is -1.12. The zero-order valence-electron chi connectivity index (χ0n) is 6.41. The van der Waals surface area contributed by atoms with Gasteiger partial charge in [0.2, 0.25) is 0 Å². The summed E-state index contributed by atoms with van der Waals surface area (Å²) in [5, 5.41) is 8.06. The maximum absolute atomic E-state index is 9.81. The second-order valence-corrected chi connectivity index (χ2v) is 2.89. The van der Waals surface area contributed by atoms with Crippen LogP contribution in [0, 0.1) is 0 Å². The van der Waals surface area contributed by atoms with Crippen molar-refractivity contribution in [2.75, 3.05) is 0 Å². The summed E-state index contributed by atoms with van der Waals surface area (Å²) in [6, 6.07) is -0.681. The third-order valence-corrected chi connectivity index (χ3v) is 0.757. The van der Waals surface area contributed by atoms with E-state index in [0.29, 0.717) is 6.42 Å². The van der Waals surface area contributed by atoms with E-state index in [1.807, 2.05) is 0 Å². The van der Waals surface area contributed by atoms with Crippen molar-refractivity contribution < 1.29 is 29.1 Å². The molecule has 6 N–H and O–H groups in total. The Morgan fingerprint density at radius 1 is 1.50 bits per heavy atom. The summed E-state index contributed by atoms with van der Waals surface area (Å²) in [7, 11) is -4.64. The minimum atomic E-state index is -4.64. The molecule has 0 fully saturated rings. The van der Waals surface area contributed by atoms with Crippen LogP contribution in [0.4, 0.5) is 0 Å². The molecule has 0 radical (unpaired) electrons. The zero-order chi connectivity index (χ0) is 10.4. The fourth-order valence-electron chi connectivity index (χ4n) is 0.175. The maximum atomic E-state index is 9.81. The van der Waals surface area contributed by atoms with Gasteiger partial charge in [-0.15, -0.1) is 0 Å². The van der Waals surface area contributed by atoms with Gasteiger partial charge >= 0.3 is 13.8 Å². The van der Waals surface area contributed by atoms with Gasteiger partial charge in [-0.1, -0.05) is 6.92 Å². The van der Waals surface area contributed by atoms with Gasteiger partial charge in [-0.2, -0.15) is 0 Å². The zero-order valence-corrected chi connectivity index (χ0v) is 7.31. The van der Waals surface area contributed by atoms with E-state index in [0.717, 1.165) is 0 Å². The highest BCUT2D eigenvalue weighted by atomic mass is 31.2. The summed E-state index contributed by atoms with van der Waals surface area (Å²) >= 11 is 0. The van der Waals surface area contributed by atoms with E-state index < -0.39 is 19.8 Å². The van der Waals surface area contributed by atoms with Gasteiger partial charge in [-0.3, -0.25) is 4.79 Å². The molecule has 12 heavy (non-hydrogen) atoms. The summed E-state index contributed by atoms with van der Waals surface area (Å²) in [6.45, 7) is 1.73. The van der Waals surface area contributed by atoms with E-state index in [9.17, 15) is 4.79 Å². The minimum absolute atomic E-state index is 0.495. The van der Waals surface area contributed by atoms with Gasteiger partial charge in [0, 0.05) is 0 Å². The van der Waals surface area contributed by atoms with Crippen LogP contribution in [0.2, 0.25) is 0 Å². The van der Waals surface area contributed by atoms with Crippen LogP contribution in [0.1, 0.15) is 13.3 Å². The Balaban J connectivity index is 0. The molecule has 0 aromatic carbocycles. The van der Waals surface area contributed by atoms with Crippen molar-refractivity contribution in [1.82, 2.24) is 0 Å². The molecular formula is C4H12NO6P. The Hall–Kier alpha value is -0.460. The molecule has 0 amide bonds. The number of phosphoric acid groups is 1. The quantitative estimate of drug-likeness (QED) is 0.356. The Bertz CT molecular complexity index is 168. The van der Waals surface area contributed by atoms with Crippen LogP contribution >= 0.6 is 7.82 Å². The van der Waals surface area contributed by atoms with Crippen molar-refractivity contribution in [3.05, 3.63) is 0 Å². The number of aliphatic carboxylic acids is 1. The van der Waals surface area contributed by atoms with E-state index in [-0.39, 0.29) is 0 Å². The average molecular weight is 201 g/mol. The van der Waals surface area contributed by atoms with Gasteiger partial charge in [0.1, 0.15) is 6.04 Å². The molecular weight excluding hydrogens is 189 g/mol. The third kappa shape index (κ3) is 22.7. The molecule has 0 aromatic heterocycles. The van der Waals surface area contributed by atoms with Crippen LogP contribution < -0.4 is 5.73 Å². The largest absolute Gasteiger partial charge is 0.480 e. The highest BCUT2D eigenvalue weighted by Crippen LogP contribution is 2.25. The number of rotatable bonds is 2. The predicted molar refractivity (Wildman–Crippen MR) is 40.2 cm³/mol. The molecule has 0 saturated carbocycles. The van der Waals surface area contributed by atoms with Crippen LogP contribution in [0.25, 0.3) is 0 Å². The SMILES string of the molecule is CCC(N)C(=O)O.O=P(O)(O)O. The van der Waals surface area contributed by atoms with Crippen molar-refractivity contribution in [2.24, 2.45) is 5.73 Å². The lowest BCUT2D eigenvalue weighted by atomic mass is 10.2. The molecule has 0 aromatic rings. The smallest absolute Gasteiger partial charge is 0.466 e. The van der Waals surface area contributed by atoms with Crippen molar-refractivity contribution in [2.45, 2.75) is 19.4 Å². The van der Waals surface area contributed by atoms with Crippen LogP contribution in [0.3, 0.4) is 0 Å². The summed E-state index contributed by atoms with van der Waals surface area (Å²) in [5.74, 6) is -0.928. The molecule has 0 aliphatic rings. The summed E-state index contributed by atoms with van der Waals surface area (Å²) in [6.07, 6.45) is 0.495. The van der Waals surface area contributed by atoms with Crippen LogP contribution in [0.5, 0.6) is 0 Å². The molecule has 7 nitrogen and oxygen atoms in total. The molecule has 0 heterocycles. The number of carbonyl (C=O) groups is 1. The van der Waals surface area contributed by atoms with Crippen molar-refractivity contribution in [3.8, 4) is 0 Å². The number of carboxylic acids is 1. The Kier molecular flexibility index (Phi) is 7.16. The van der Waals surface area contributed by atoms with Gasteiger partial charge in [-0.05, 0) is 6.42 Å². The molecule has 8 heteroatoms. The topological polar surface area (TPSA) is 141 Å². The Morgan fingerprint density at radius 2 is 1.75 bits per heavy atom. The first-order chi connectivity index (χ1) is 5.18. The normalized spacial score (nSPS) is 12.8. The Morgan fingerprint density at radius 3 is 1.75 bits per heavy atom. The molecule has 0 saturated heterocycles. The fourth-order valence-corrected chi connectivity index (χ4v) is 0.175. The van der Waals surface area contributed by atoms with Gasteiger partial charge in [0.15, 0.2) is 0 Å². The van der Waals surface area contributed by atoms with E-state index in [2.05, 4.69) is 0 Å². The van der Waals surface area contributed by atoms with E-state index in [1.165, 1.54) is 0 Å². The third-order valence-electron chi connectivity index (χ3n) is 0.757. The molecule has 1 atom stereocenters. The number of nitrogens with two attached hydrogens (primary N) is 1. The monoisotopic (exact) mass is 201 g/mol. The summed E-state index contributed by atoms with van der Waals surface area (Å²) < 4.78 is 8.88. The van der Waals surface area contributed by atoms with Crippen molar-refractivity contribution in [3.63, 3.8) is 0 Å². The molecule has 0 bridgehead atoms. The van der Waals surface area contributed by atoms with Gasteiger partial charge in [-0.25, -0.2) is 4.57 Å². The molecule has 74 valence electrons. The highest BCUT2D eigenvalue weighted by Gasteiger charge is 2.05. The second kappa shape index (κ2) is 6.10. The molecule has 1 unspecified atom stereocenters. The summed E-state index contributed by atoms with van der Waals surface area (Å²) in [5.41, 5.74) is 5.02. The number of hydrogen-bond donors (Lipinski definition) is 5. The molecule has 0 aliphatic heterocycles. The fraction of sp³-hybridized carbons (Fsp3) is 0.750. The second-order valence-electron chi connectivity index (χ2n) is 1.87. The highest BCUT2D eigenvalue weighted by molar-refractivity contribution is 7.45. The average Bonchev–Trinajstić information content (AvgIpc) is 1.82. The first-order valence-corrected chi connectivity index (χ1v) is 4.51. The molecule has 0 spiro atoms. The van der Waals surface area contributed by atoms with Gasteiger partial charge < -0.3 is 25.5 Å². The Labute approximate surface area is 69.1 Å². The lowest BCUT2D eigenvalue weighted by molar-refractivity contribution is -0.138. The molecule has 0 aliphatic carbocycles. The van der Waals surface area contributed by atoms with Gasteiger partial charge in [0.25, 0.3) is 0 Å². The number of carboxylic acid groups (broad SMARTS) is 1. The van der Waals surface area contributed by atoms with E-state index >= 15 is 0 Å². The van der Waals surface area contributed by atoms with Crippen molar-refractivity contribution in [1.29, 1.82) is 0 Å². The first-order valence-electron chi connectivity index (χ1n) is 2.95. The van der Waals surface area contributed by atoms with Gasteiger partial charge in [0.05, 0.1) is 0 Å². The first kappa shape index (κ1) is 14.1. The van der Waals surface area contributed by atoms with E-state index in [1.54, 1.807) is 6.92 Å². The van der Waals surface area contributed by atoms with Crippen LogP contribution in [-0.2, 0) is 9.36 Å². The molecule has 0 rings (SSSR count). The minimum Gasteiger partial charge on any atom is -0.480 e. The standard InChI is InChI=1S/C4H9NO2.H3O4P/c1-2-3(5)4(6)7;1-5(2,3)4/h3H,2,5H2,1H3,(H,6,7);(H3,1,2,3,4). The lowest BCUT2D eigenvalue weighted by Gasteiger charge is -1.97. The maximum Gasteiger partial charge on any atom is 0.466 e.